The molecule has 1 aliphatic heterocycles. The van der Waals surface area contributed by atoms with Crippen LogP contribution in [0.5, 0.6) is 17.2 Å². The van der Waals surface area contributed by atoms with Gasteiger partial charge in [-0.2, -0.15) is 0 Å². The number of aliphatic hydroxyl groups excluding tert-OH is 1. The molecule has 3 aromatic rings. The number of hydrogen-bond donors (Lipinski definition) is 1. The van der Waals surface area contributed by atoms with Crippen LogP contribution in [0, 0.1) is 12.8 Å². The molecule has 1 fully saturated rings. The summed E-state index contributed by atoms with van der Waals surface area (Å²) in [6, 6.07) is 10.9. The van der Waals surface area contributed by atoms with E-state index in [0.717, 1.165) is 43.4 Å². The first-order valence-corrected chi connectivity index (χ1v) is 17.5. The molecule has 0 aliphatic carbocycles. The van der Waals surface area contributed by atoms with Crippen molar-refractivity contribution in [2.45, 2.75) is 79.7 Å². The molecule has 0 spiro atoms. The van der Waals surface area contributed by atoms with Gasteiger partial charge in [0.25, 0.3) is 5.78 Å². The molecule has 2 aromatic carbocycles. The minimum absolute atomic E-state index is 0.115. The molecular formula is C37H46N2O8S. The van der Waals surface area contributed by atoms with E-state index < -0.39 is 23.7 Å². The average Bonchev–Trinajstić information content (AvgIpc) is 3.58. The number of hydrogen-bond acceptors (Lipinski definition) is 10. The number of thiazole rings is 1. The zero-order chi connectivity index (χ0) is 34.8. The van der Waals surface area contributed by atoms with Crippen LogP contribution in [-0.2, 0) is 14.3 Å². The molecule has 0 unspecified atom stereocenters. The van der Waals surface area contributed by atoms with Crippen molar-refractivity contribution in [1.29, 1.82) is 0 Å². The third-order valence-electron chi connectivity index (χ3n) is 7.65. The number of carbonyl (C=O) groups is 3. The summed E-state index contributed by atoms with van der Waals surface area (Å²) in [5.74, 6) is -0.916. The molecule has 0 bridgehead atoms. The maximum absolute atomic E-state index is 13.8. The third-order valence-corrected chi connectivity index (χ3v) is 8.79. The van der Waals surface area contributed by atoms with E-state index in [0.29, 0.717) is 53.9 Å². The summed E-state index contributed by atoms with van der Waals surface area (Å²) in [4.78, 5) is 46.6. The highest BCUT2D eigenvalue weighted by Gasteiger charge is 2.48. The number of aliphatic hydroxyl groups is 1. The average molecular weight is 679 g/mol. The molecule has 11 heteroatoms. The molecule has 4 rings (SSSR count). The first-order valence-electron chi connectivity index (χ1n) is 16.7. The van der Waals surface area contributed by atoms with Gasteiger partial charge in [-0.05, 0) is 74.6 Å². The summed E-state index contributed by atoms with van der Waals surface area (Å²) in [6.07, 6.45) is 4.88. The number of ketones is 1. The van der Waals surface area contributed by atoms with Crippen molar-refractivity contribution < 1.29 is 38.4 Å². The van der Waals surface area contributed by atoms with Gasteiger partial charge in [-0.15, -0.1) is 0 Å². The van der Waals surface area contributed by atoms with E-state index in [1.807, 2.05) is 20.8 Å². The lowest BCUT2D eigenvalue weighted by Gasteiger charge is -2.24. The molecule has 0 saturated carbocycles. The van der Waals surface area contributed by atoms with E-state index in [4.69, 9.17) is 18.9 Å². The van der Waals surface area contributed by atoms with Crippen molar-refractivity contribution in [3.05, 3.63) is 69.7 Å². The first-order chi connectivity index (χ1) is 23.1. The van der Waals surface area contributed by atoms with E-state index >= 15 is 0 Å². The normalized spacial score (nSPS) is 15.6. The molecule has 1 aliphatic rings. The Balaban J connectivity index is 1.82. The number of esters is 1. The van der Waals surface area contributed by atoms with Gasteiger partial charge in [0.15, 0.2) is 16.6 Å². The molecule has 48 heavy (non-hydrogen) atoms. The van der Waals surface area contributed by atoms with Crippen LogP contribution in [0.15, 0.2) is 48.0 Å². The highest BCUT2D eigenvalue weighted by atomic mass is 32.1. The second-order valence-corrected chi connectivity index (χ2v) is 13.0. The number of aryl methyl sites for hydroxylation is 1. The van der Waals surface area contributed by atoms with Crippen LogP contribution in [-0.4, -0.2) is 54.2 Å². The van der Waals surface area contributed by atoms with Crippen LogP contribution in [0.4, 0.5) is 5.13 Å². The molecule has 0 radical (unpaired) electrons. The van der Waals surface area contributed by atoms with E-state index in [2.05, 4.69) is 18.8 Å². The molecule has 1 amide bonds. The Labute approximate surface area is 286 Å². The summed E-state index contributed by atoms with van der Waals surface area (Å²) in [5.41, 5.74) is 1.09. The van der Waals surface area contributed by atoms with Crippen molar-refractivity contribution in [2.75, 3.05) is 31.3 Å². The molecular weight excluding hydrogens is 632 g/mol. The fraction of sp³-hybridized carbons (Fsp3) is 0.459. The Morgan fingerprint density at radius 2 is 1.65 bits per heavy atom. The van der Waals surface area contributed by atoms with E-state index in [-0.39, 0.29) is 33.9 Å². The van der Waals surface area contributed by atoms with Crippen LogP contribution in [0.3, 0.4) is 0 Å². The van der Waals surface area contributed by atoms with Crippen LogP contribution in [0.2, 0.25) is 0 Å². The highest BCUT2D eigenvalue weighted by molar-refractivity contribution is 7.17. The predicted octanol–water partition coefficient (Wildman–Crippen LogP) is 8.04. The fourth-order valence-electron chi connectivity index (χ4n) is 5.14. The number of unbranched alkanes of at least 4 members (excludes halogenated alkanes) is 3. The topological polar surface area (TPSA) is 124 Å². The zero-order valence-electron chi connectivity index (χ0n) is 28.7. The Morgan fingerprint density at radius 1 is 0.938 bits per heavy atom. The number of benzene rings is 2. The molecule has 1 aromatic heterocycles. The Hall–Kier alpha value is -4.38. The maximum Gasteiger partial charge on any atom is 0.350 e. The van der Waals surface area contributed by atoms with E-state index in [1.54, 1.807) is 49.4 Å². The summed E-state index contributed by atoms with van der Waals surface area (Å²) in [7, 11) is 0. The Morgan fingerprint density at radius 3 is 2.31 bits per heavy atom. The maximum atomic E-state index is 13.8. The number of Topliss-reactive ketones (excluding diaryl/α,β-unsaturated/α-hetero) is 1. The van der Waals surface area contributed by atoms with Gasteiger partial charge in [0.05, 0.1) is 43.7 Å². The minimum Gasteiger partial charge on any atom is -0.507 e. The standard InChI is InChI=1S/C37H46N2O8S/c1-7-10-12-20-46-28-18-15-26(21-29(28)44-9-3)31-30(32(40)25-13-16-27(17-14-25)45-19-11-8-2)33(41)35(42)39(31)37-38-24(6)34(48-37)36(43)47-22-23(4)5/h13-18,21,23,31,40H,7-12,19-20,22H2,1-6H3/t31-/m1/s1. The number of amides is 1. The highest BCUT2D eigenvalue weighted by Crippen LogP contribution is 2.45. The monoisotopic (exact) mass is 678 g/mol. The number of aromatic nitrogens is 1. The van der Waals surface area contributed by atoms with Crippen molar-refractivity contribution in [3.63, 3.8) is 0 Å². The van der Waals surface area contributed by atoms with Crippen molar-refractivity contribution >= 4 is 39.9 Å². The van der Waals surface area contributed by atoms with Crippen LogP contribution in [0.25, 0.3) is 5.76 Å². The number of carbonyl (C=O) groups excluding carboxylic acids is 3. The van der Waals surface area contributed by atoms with E-state index in [9.17, 15) is 19.5 Å². The van der Waals surface area contributed by atoms with Crippen LogP contribution < -0.4 is 19.1 Å². The van der Waals surface area contributed by atoms with E-state index in [1.165, 1.54) is 4.90 Å². The minimum atomic E-state index is -1.08. The van der Waals surface area contributed by atoms with Gasteiger partial charge in [0, 0.05) is 5.56 Å². The first kappa shape index (κ1) is 36.5. The second-order valence-electron chi connectivity index (χ2n) is 12.0. The zero-order valence-corrected chi connectivity index (χ0v) is 29.5. The molecule has 1 atom stereocenters. The SMILES string of the molecule is CCCCCOc1ccc([C@@H]2C(=C(O)c3ccc(OCCCC)cc3)C(=O)C(=O)N2c2nc(C)c(C(=O)OCC(C)C)s2)cc1OCC. The summed E-state index contributed by atoms with van der Waals surface area (Å²) in [6.45, 7) is 13.2. The molecule has 1 N–H and O–H groups in total. The number of nitrogens with zero attached hydrogens (tertiary/aromatic N) is 2. The predicted molar refractivity (Wildman–Crippen MR) is 186 cm³/mol. The van der Waals surface area contributed by atoms with Gasteiger partial charge in [-0.1, -0.05) is 64.4 Å². The van der Waals surface area contributed by atoms with Crippen molar-refractivity contribution in [2.24, 2.45) is 5.92 Å². The van der Waals surface area contributed by atoms with Gasteiger partial charge in [0.1, 0.15) is 16.4 Å². The Bertz CT molecular complexity index is 1610. The largest absolute Gasteiger partial charge is 0.507 e. The van der Waals surface area contributed by atoms with Crippen molar-refractivity contribution in [3.8, 4) is 17.2 Å². The van der Waals surface area contributed by atoms with Crippen LogP contribution >= 0.6 is 11.3 Å². The summed E-state index contributed by atoms with van der Waals surface area (Å²) >= 11 is 0.965. The molecule has 258 valence electrons. The number of anilines is 1. The Kier molecular flexibility index (Phi) is 13.0. The fourth-order valence-corrected chi connectivity index (χ4v) is 6.13. The summed E-state index contributed by atoms with van der Waals surface area (Å²) < 4.78 is 23.2. The smallest absolute Gasteiger partial charge is 0.350 e. The lowest BCUT2D eigenvalue weighted by molar-refractivity contribution is -0.132. The van der Waals surface area contributed by atoms with Crippen molar-refractivity contribution in [1.82, 2.24) is 4.98 Å². The molecule has 10 nitrogen and oxygen atoms in total. The third kappa shape index (κ3) is 8.55. The lowest BCUT2D eigenvalue weighted by atomic mass is 9.95. The number of ether oxygens (including phenoxy) is 4. The number of rotatable bonds is 17. The van der Waals surface area contributed by atoms with Crippen LogP contribution in [0.1, 0.15) is 99.3 Å². The van der Waals surface area contributed by atoms with Gasteiger partial charge in [-0.25, -0.2) is 9.78 Å². The molecule has 1 saturated heterocycles. The second kappa shape index (κ2) is 17.1. The van der Waals surface area contributed by atoms with Gasteiger partial charge < -0.3 is 24.1 Å². The van der Waals surface area contributed by atoms with Gasteiger partial charge in [0.2, 0.25) is 0 Å². The molecule has 2 heterocycles. The van der Waals surface area contributed by atoms with Gasteiger partial charge >= 0.3 is 11.9 Å². The van der Waals surface area contributed by atoms with Gasteiger partial charge in [-0.3, -0.25) is 14.5 Å². The summed E-state index contributed by atoms with van der Waals surface area (Å²) in [5, 5.41) is 11.8. The quantitative estimate of drug-likeness (QED) is 0.0497. The lowest BCUT2D eigenvalue weighted by Crippen LogP contribution is -2.29.